The van der Waals surface area contributed by atoms with Gasteiger partial charge >= 0.3 is 0 Å². The molecule has 2 aliphatic rings. The molecule has 30 heavy (non-hydrogen) atoms. The fourth-order valence-corrected chi connectivity index (χ4v) is 4.86. The van der Waals surface area contributed by atoms with Gasteiger partial charge in [-0.25, -0.2) is 0 Å². The summed E-state index contributed by atoms with van der Waals surface area (Å²) in [7, 11) is 1.52. The second-order valence-corrected chi connectivity index (χ2v) is 10.3. The minimum Gasteiger partial charge on any atom is -0.388 e. The number of methoxy groups -OCH3 is 1. The highest BCUT2D eigenvalue weighted by Gasteiger charge is 2.51. The van der Waals surface area contributed by atoms with Crippen molar-refractivity contribution in [2.75, 3.05) is 33.1 Å². The van der Waals surface area contributed by atoms with Crippen LogP contribution in [0.25, 0.3) is 0 Å². The van der Waals surface area contributed by atoms with Crippen LogP contribution >= 0.6 is 11.8 Å². The molecule has 2 aliphatic heterocycles. The van der Waals surface area contributed by atoms with Crippen LogP contribution in [0.15, 0.2) is 29.2 Å². The summed E-state index contributed by atoms with van der Waals surface area (Å²) in [6.45, 7) is 8.44. The monoisotopic (exact) mass is 436 g/mol. The van der Waals surface area contributed by atoms with E-state index in [0.29, 0.717) is 6.42 Å². The van der Waals surface area contributed by atoms with Crippen molar-refractivity contribution < 1.29 is 19.4 Å². The van der Waals surface area contributed by atoms with Crippen molar-refractivity contribution >= 4 is 17.7 Å². The topological polar surface area (TPSA) is 71.0 Å². The standard InChI is InChI=1S/C23H36N2O4S/c1-21(2,28-4)20(27)24-22(3)16-23(29-15-19(22)26)9-11-25(12-10-23)14-17-7-6-8-18(13-17)30-5/h6-8,13,19,26H,9-12,14-16H2,1-5H3,(H,24,27)/t19-,22-/m0/s1. The van der Waals surface area contributed by atoms with Crippen LogP contribution in [0.4, 0.5) is 0 Å². The van der Waals surface area contributed by atoms with Crippen LogP contribution in [0.1, 0.15) is 45.6 Å². The van der Waals surface area contributed by atoms with Crippen LogP contribution in [0.5, 0.6) is 0 Å². The van der Waals surface area contributed by atoms with E-state index < -0.39 is 17.2 Å². The van der Waals surface area contributed by atoms with Crippen molar-refractivity contribution in [3.05, 3.63) is 29.8 Å². The van der Waals surface area contributed by atoms with Gasteiger partial charge in [-0.3, -0.25) is 9.69 Å². The Morgan fingerprint density at radius 3 is 2.73 bits per heavy atom. The van der Waals surface area contributed by atoms with E-state index >= 15 is 0 Å². The summed E-state index contributed by atoms with van der Waals surface area (Å²) in [5, 5.41) is 13.7. The fourth-order valence-electron chi connectivity index (χ4n) is 4.38. The number of piperidine rings is 1. The number of carbonyl (C=O) groups is 1. The van der Waals surface area contributed by atoms with Crippen LogP contribution < -0.4 is 5.32 Å². The molecule has 1 aromatic rings. The van der Waals surface area contributed by atoms with Gasteiger partial charge in [0.15, 0.2) is 0 Å². The third-order valence-corrected chi connectivity index (χ3v) is 7.46. The normalized spacial score (nSPS) is 27.2. The average molecular weight is 437 g/mol. The molecule has 0 bridgehead atoms. The Kier molecular flexibility index (Phi) is 7.19. The first-order valence-electron chi connectivity index (χ1n) is 10.7. The average Bonchev–Trinajstić information content (AvgIpc) is 2.73. The maximum atomic E-state index is 12.7. The first-order chi connectivity index (χ1) is 14.1. The van der Waals surface area contributed by atoms with E-state index in [0.717, 1.165) is 32.5 Å². The number of thioether (sulfide) groups is 1. The van der Waals surface area contributed by atoms with Crippen LogP contribution in [-0.2, 0) is 20.8 Å². The van der Waals surface area contributed by atoms with Crippen molar-refractivity contribution in [3.63, 3.8) is 0 Å². The second-order valence-electron chi connectivity index (χ2n) is 9.40. The molecular weight excluding hydrogens is 400 g/mol. The predicted molar refractivity (Wildman–Crippen MR) is 120 cm³/mol. The number of amides is 1. The highest BCUT2D eigenvalue weighted by molar-refractivity contribution is 7.98. The van der Waals surface area contributed by atoms with Gasteiger partial charge in [0, 0.05) is 38.1 Å². The molecule has 1 amide bonds. The Hall–Kier alpha value is -1.12. The first kappa shape index (κ1) is 23.5. The maximum absolute atomic E-state index is 12.7. The number of hydrogen-bond donors (Lipinski definition) is 2. The lowest BCUT2D eigenvalue weighted by Gasteiger charge is -2.52. The summed E-state index contributed by atoms with van der Waals surface area (Å²) in [6, 6.07) is 8.70. The van der Waals surface area contributed by atoms with Gasteiger partial charge in [0.1, 0.15) is 11.7 Å². The number of ether oxygens (including phenoxy) is 2. The van der Waals surface area contributed by atoms with Gasteiger partial charge in [0.05, 0.1) is 17.7 Å². The third kappa shape index (κ3) is 5.19. The van der Waals surface area contributed by atoms with Crippen LogP contribution in [0, 0.1) is 0 Å². The van der Waals surface area contributed by atoms with Crippen molar-refractivity contribution in [3.8, 4) is 0 Å². The number of carbonyl (C=O) groups excluding carboxylic acids is 1. The summed E-state index contributed by atoms with van der Waals surface area (Å²) in [6.07, 6.45) is 3.74. The van der Waals surface area contributed by atoms with Gasteiger partial charge in [0.2, 0.25) is 0 Å². The lowest BCUT2D eigenvalue weighted by Crippen LogP contribution is -2.67. The Morgan fingerprint density at radius 2 is 2.10 bits per heavy atom. The van der Waals surface area contributed by atoms with Crippen LogP contribution in [0.3, 0.4) is 0 Å². The van der Waals surface area contributed by atoms with Crippen molar-refractivity contribution in [1.82, 2.24) is 10.2 Å². The number of likely N-dealkylation sites (tertiary alicyclic amines) is 1. The highest BCUT2D eigenvalue weighted by atomic mass is 32.2. The van der Waals surface area contributed by atoms with Crippen molar-refractivity contribution in [2.24, 2.45) is 0 Å². The number of aliphatic hydroxyl groups is 1. The summed E-state index contributed by atoms with van der Waals surface area (Å²) in [5.41, 5.74) is -0.657. The van der Waals surface area contributed by atoms with Gasteiger partial charge in [0.25, 0.3) is 5.91 Å². The molecule has 6 nitrogen and oxygen atoms in total. The molecule has 0 saturated carbocycles. The number of nitrogens with one attached hydrogen (secondary N) is 1. The number of aliphatic hydroxyl groups excluding tert-OH is 1. The molecule has 7 heteroatoms. The molecule has 2 fully saturated rings. The second kappa shape index (κ2) is 9.17. The highest BCUT2D eigenvalue weighted by Crippen LogP contribution is 2.40. The molecule has 0 unspecified atom stereocenters. The molecule has 2 N–H and O–H groups in total. The van der Waals surface area contributed by atoms with E-state index in [2.05, 4.69) is 40.7 Å². The van der Waals surface area contributed by atoms with Gasteiger partial charge < -0.3 is 19.9 Å². The first-order valence-corrected chi connectivity index (χ1v) is 11.9. The molecule has 0 aliphatic carbocycles. The molecule has 168 valence electrons. The Labute approximate surface area is 184 Å². The van der Waals surface area contributed by atoms with E-state index in [9.17, 15) is 9.90 Å². The van der Waals surface area contributed by atoms with Crippen LogP contribution in [-0.4, -0.2) is 71.8 Å². The van der Waals surface area contributed by atoms with Gasteiger partial charge in [-0.05, 0) is 57.6 Å². The van der Waals surface area contributed by atoms with Gasteiger partial charge in [-0.15, -0.1) is 11.8 Å². The van der Waals surface area contributed by atoms with E-state index in [1.54, 1.807) is 25.6 Å². The number of nitrogens with zero attached hydrogens (tertiary/aromatic N) is 1. The van der Waals surface area contributed by atoms with E-state index in [4.69, 9.17) is 9.47 Å². The minimum atomic E-state index is -0.942. The van der Waals surface area contributed by atoms with Gasteiger partial charge in [-0.1, -0.05) is 12.1 Å². The summed E-state index contributed by atoms with van der Waals surface area (Å²) in [4.78, 5) is 16.4. The molecule has 0 aromatic heterocycles. The summed E-state index contributed by atoms with van der Waals surface area (Å²) in [5.74, 6) is -0.213. The van der Waals surface area contributed by atoms with Crippen molar-refractivity contribution in [2.45, 2.75) is 74.3 Å². The number of rotatable bonds is 6. The Balaban J connectivity index is 1.62. The van der Waals surface area contributed by atoms with E-state index in [1.807, 2.05) is 6.92 Å². The molecule has 2 heterocycles. The largest absolute Gasteiger partial charge is 0.388 e. The zero-order valence-corrected chi connectivity index (χ0v) is 19.7. The maximum Gasteiger partial charge on any atom is 0.252 e. The van der Waals surface area contributed by atoms with Gasteiger partial charge in [-0.2, -0.15) is 0 Å². The SMILES string of the molecule is COC(C)(C)C(=O)N[C@@]1(C)CC2(CCN(Cc3cccc(SC)c3)CC2)OC[C@@H]1O. The molecule has 2 saturated heterocycles. The fraction of sp³-hybridized carbons (Fsp3) is 0.696. The Bertz CT molecular complexity index is 748. The lowest BCUT2D eigenvalue weighted by molar-refractivity contribution is -0.184. The lowest BCUT2D eigenvalue weighted by atomic mass is 9.74. The third-order valence-electron chi connectivity index (χ3n) is 6.74. The molecule has 0 radical (unpaired) electrons. The van der Waals surface area contributed by atoms with Crippen molar-refractivity contribution in [1.29, 1.82) is 0 Å². The number of benzene rings is 1. The molecular formula is C23H36N2O4S. The number of hydrogen-bond acceptors (Lipinski definition) is 6. The molecule has 3 rings (SSSR count). The summed E-state index contributed by atoms with van der Waals surface area (Å²) >= 11 is 1.76. The predicted octanol–water partition coefficient (Wildman–Crippen LogP) is 2.82. The molecule has 1 spiro atoms. The van der Waals surface area contributed by atoms with E-state index in [-0.39, 0.29) is 18.1 Å². The minimum absolute atomic E-state index is 0.213. The zero-order chi connectivity index (χ0) is 22.0. The van der Waals surface area contributed by atoms with E-state index in [1.165, 1.54) is 17.6 Å². The Morgan fingerprint density at radius 1 is 1.40 bits per heavy atom. The molecule has 2 atom stereocenters. The zero-order valence-electron chi connectivity index (χ0n) is 18.9. The summed E-state index contributed by atoms with van der Waals surface area (Å²) < 4.78 is 11.5. The molecule has 1 aromatic carbocycles. The smallest absolute Gasteiger partial charge is 0.252 e. The van der Waals surface area contributed by atoms with Crippen LogP contribution in [0.2, 0.25) is 0 Å². The quantitative estimate of drug-likeness (QED) is 0.669.